The molecule has 1 amide bonds. The van der Waals surface area contributed by atoms with E-state index in [1.54, 1.807) is 11.8 Å². The second kappa shape index (κ2) is 7.21. The topological polar surface area (TPSA) is 67.9 Å². The van der Waals surface area contributed by atoms with Crippen molar-refractivity contribution >= 4 is 12.1 Å². The maximum atomic E-state index is 12.4. The van der Waals surface area contributed by atoms with Crippen molar-refractivity contribution in [3.8, 4) is 0 Å². The molecule has 0 aromatic heterocycles. The first-order valence-electron chi connectivity index (χ1n) is 8.47. The molecule has 6 heteroatoms. The fourth-order valence-electron chi connectivity index (χ4n) is 3.68. The van der Waals surface area contributed by atoms with Crippen molar-refractivity contribution in [2.45, 2.75) is 20.0 Å². The first-order chi connectivity index (χ1) is 11.6. The first-order valence-corrected chi connectivity index (χ1v) is 8.47. The predicted molar refractivity (Wildman–Crippen MR) is 88.2 cm³/mol. The molecular formula is C18H24N2O4. The highest BCUT2D eigenvalue weighted by molar-refractivity contribution is 5.77. The number of likely N-dealkylation sites (tertiary alicyclic amines) is 1. The first kappa shape index (κ1) is 16.8. The van der Waals surface area contributed by atoms with E-state index in [-0.39, 0.29) is 30.0 Å². The Morgan fingerprint density at radius 2 is 2.08 bits per heavy atom. The van der Waals surface area contributed by atoms with Gasteiger partial charge in [0, 0.05) is 25.0 Å². The zero-order valence-corrected chi connectivity index (χ0v) is 14.0. The summed E-state index contributed by atoms with van der Waals surface area (Å²) < 4.78 is 10.6. The van der Waals surface area contributed by atoms with E-state index >= 15 is 0 Å². The molecule has 130 valence electrons. The Morgan fingerprint density at radius 3 is 2.75 bits per heavy atom. The molecular weight excluding hydrogens is 308 g/mol. The minimum Gasteiger partial charge on any atom is -0.466 e. The number of rotatable bonds is 4. The van der Waals surface area contributed by atoms with E-state index in [9.17, 15) is 9.59 Å². The molecule has 0 aliphatic carbocycles. The fourth-order valence-corrected chi connectivity index (χ4v) is 3.68. The summed E-state index contributed by atoms with van der Waals surface area (Å²) in [6, 6.07) is 9.58. The highest BCUT2D eigenvalue weighted by Gasteiger charge is 2.53. The number of ether oxygens (including phenoxy) is 2. The van der Waals surface area contributed by atoms with Crippen LogP contribution in [0.3, 0.4) is 0 Å². The van der Waals surface area contributed by atoms with E-state index in [1.165, 1.54) is 0 Å². The van der Waals surface area contributed by atoms with E-state index in [2.05, 4.69) is 5.32 Å². The van der Waals surface area contributed by atoms with Crippen LogP contribution in [0.25, 0.3) is 0 Å². The van der Waals surface area contributed by atoms with Crippen LogP contribution in [-0.4, -0.2) is 49.7 Å². The van der Waals surface area contributed by atoms with Gasteiger partial charge in [0.15, 0.2) is 0 Å². The molecule has 24 heavy (non-hydrogen) atoms. The maximum Gasteiger partial charge on any atom is 0.410 e. The molecule has 1 aromatic rings. The Balaban J connectivity index is 1.64. The van der Waals surface area contributed by atoms with Crippen molar-refractivity contribution in [3.63, 3.8) is 0 Å². The number of nitrogens with zero attached hydrogens (tertiary/aromatic N) is 1. The molecule has 2 aliphatic rings. The lowest BCUT2D eigenvalue weighted by atomic mass is 9.77. The van der Waals surface area contributed by atoms with Gasteiger partial charge in [0.25, 0.3) is 0 Å². The van der Waals surface area contributed by atoms with E-state index in [1.807, 2.05) is 30.3 Å². The summed E-state index contributed by atoms with van der Waals surface area (Å²) in [5, 5.41) is 3.31. The van der Waals surface area contributed by atoms with Crippen molar-refractivity contribution in [1.29, 1.82) is 0 Å². The molecule has 0 saturated carbocycles. The zero-order chi connectivity index (χ0) is 17.0. The third-order valence-corrected chi connectivity index (χ3v) is 4.96. The van der Waals surface area contributed by atoms with Crippen molar-refractivity contribution < 1.29 is 19.1 Å². The van der Waals surface area contributed by atoms with Gasteiger partial charge >= 0.3 is 12.1 Å². The van der Waals surface area contributed by atoms with Crippen molar-refractivity contribution in [2.24, 2.45) is 11.3 Å². The molecule has 1 spiro atoms. The smallest absolute Gasteiger partial charge is 0.410 e. The molecule has 2 unspecified atom stereocenters. The monoisotopic (exact) mass is 332 g/mol. The lowest BCUT2D eigenvalue weighted by Gasteiger charge is -2.27. The van der Waals surface area contributed by atoms with Gasteiger partial charge in [-0.1, -0.05) is 30.3 Å². The summed E-state index contributed by atoms with van der Waals surface area (Å²) in [6.07, 6.45) is 0.510. The van der Waals surface area contributed by atoms with Gasteiger partial charge in [-0.15, -0.1) is 0 Å². The third kappa shape index (κ3) is 3.38. The van der Waals surface area contributed by atoms with Gasteiger partial charge in [0.2, 0.25) is 0 Å². The molecule has 0 radical (unpaired) electrons. The third-order valence-electron chi connectivity index (χ3n) is 4.96. The molecule has 1 N–H and O–H groups in total. The Hall–Kier alpha value is -2.08. The quantitative estimate of drug-likeness (QED) is 0.852. The lowest BCUT2D eigenvalue weighted by molar-refractivity contribution is -0.150. The number of carbonyl (C=O) groups is 2. The van der Waals surface area contributed by atoms with E-state index in [0.717, 1.165) is 25.1 Å². The number of hydrogen-bond donors (Lipinski definition) is 1. The molecule has 6 nitrogen and oxygen atoms in total. The van der Waals surface area contributed by atoms with Crippen LogP contribution in [-0.2, 0) is 20.9 Å². The van der Waals surface area contributed by atoms with Crippen molar-refractivity contribution in [2.75, 3.05) is 32.8 Å². The summed E-state index contributed by atoms with van der Waals surface area (Å²) in [7, 11) is 0. The minimum atomic E-state index is -0.364. The molecule has 2 fully saturated rings. The van der Waals surface area contributed by atoms with Gasteiger partial charge in [0.1, 0.15) is 6.61 Å². The normalized spacial score (nSPS) is 25.9. The van der Waals surface area contributed by atoms with Crippen LogP contribution < -0.4 is 5.32 Å². The van der Waals surface area contributed by atoms with Gasteiger partial charge in [-0.3, -0.25) is 4.79 Å². The number of hydrogen-bond acceptors (Lipinski definition) is 5. The van der Waals surface area contributed by atoms with Crippen LogP contribution in [0.5, 0.6) is 0 Å². The Morgan fingerprint density at radius 1 is 1.29 bits per heavy atom. The van der Waals surface area contributed by atoms with Gasteiger partial charge in [-0.2, -0.15) is 0 Å². The van der Waals surface area contributed by atoms with E-state index in [4.69, 9.17) is 9.47 Å². The van der Waals surface area contributed by atoms with E-state index in [0.29, 0.717) is 19.7 Å². The van der Waals surface area contributed by atoms with Crippen LogP contribution >= 0.6 is 0 Å². The number of esters is 1. The van der Waals surface area contributed by atoms with Gasteiger partial charge in [0.05, 0.1) is 12.5 Å². The highest BCUT2D eigenvalue weighted by atomic mass is 16.6. The SMILES string of the molecule is CCOC(=O)C1CN(C(=O)OCc2ccccc2)CC12CCNC2. The van der Waals surface area contributed by atoms with Crippen molar-refractivity contribution in [3.05, 3.63) is 35.9 Å². The average molecular weight is 332 g/mol. The van der Waals surface area contributed by atoms with Crippen molar-refractivity contribution in [1.82, 2.24) is 10.2 Å². The van der Waals surface area contributed by atoms with Gasteiger partial charge in [-0.25, -0.2) is 4.79 Å². The highest BCUT2D eigenvalue weighted by Crippen LogP contribution is 2.42. The van der Waals surface area contributed by atoms with Crippen LogP contribution in [0.4, 0.5) is 4.79 Å². The fraction of sp³-hybridized carbons (Fsp3) is 0.556. The standard InChI is InChI=1S/C18H24N2O4/c1-2-23-16(21)15-10-20(13-18(15)8-9-19-12-18)17(22)24-11-14-6-4-3-5-7-14/h3-7,15,19H,2,8-13H2,1H3. The lowest BCUT2D eigenvalue weighted by Crippen LogP contribution is -2.38. The number of carbonyl (C=O) groups excluding carboxylic acids is 2. The Kier molecular flexibility index (Phi) is 5.04. The number of benzene rings is 1. The van der Waals surface area contributed by atoms with Crippen LogP contribution in [0.15, 0.2) is 30.3 Å². The molecule has 2 saturated heterocycles. The van der Waals surface area contributed by atoms with E-state index < -0.39 is 0 Å². The molecule has 2 heterocycles. The molecule has 0 bridgehead atoms. The summed E-state index contributed by atoms with van der Waals surface area (Å²) in [5.41, 5.74) is 0.724. The van der Waals surface area contributed by atoms with Crippen LogP contribution in [0, 0.1) is 11.3 Å². The predicted octanol–water partition coefficient (Wildman–Crippen LogP) is 1.80. The second-order valence-corrected chi connectivity index (χ2v) is 6.51. The average Bonchev–Trinajstić information content (AvgIpc) is 3.22. The van der Waals surface area contributed by atoms with Crippen LogP contribution in [0.1, 0.15) is 18.9 Å². The molecule has 2 atom stereocenters. The zero-order valence-electron chi connectivity index (χ0n) is 14.0. The molecule has 3 rings (SSSR count). The summed E-state index contributed by atoms with van der Waals surface area (Å²) >= 11 is 0. The summed E-state index contributed by atoms with van der Waals surface area (Å²) in [5.74, 6) is -0.490. The summed E-state index contributed by atoms with van der Waals surface area (Å²) in [6.45, 7) is 4.91. The number of amides is 1. The largest absolute Gasteiger partial charge is 0.466 e. The molecule has 1 aromatic carbocycles. The van der Waals surface area contributed by atoms with Crippen LogP contribution in [0.2, 0.25) is 0 Å². The Bertz CT molecular complexity index is 584. The Labute approximate surface area is 142 Å². The maximum absolute atomic E-state index is 12.4. The second-order valence-electron chi connectivity index (χ2n) is 6.51. The number of nitrogens with one attached hydrogen (secondary N) is 1. The van der Waals surface area contributed by atoms with Gasteiger partial charge in [-0.05, 0) is 25.5 Å². The van der Waals surface area contributed by atoms with Gasteiger partial charge < -0.3 is 19.7 Å². The molecule has 2 aliphatic heterocycles. The minimum absolute atomic E-state index is 0.209. The summed E-state index contributed by atoms with van der Waals surface area (Å²) in [4.78, 5) is 26.4.